The van der Waals surface area contributed by atoms with Crippen LogP contribution in [-0.4, -0.2) is 35.0 Å². The minimum Gasteiger partial charge on any atom is -0.472 e. The van der Waals surface area contributed by atoms with Crippen molar-refractivity contribution in [1.29, 1.82) is 0 Å². The van der Waals surface area contributed by atoms with Crippen molar-refractivity contribution in [2.24, 2.45) is 5.92 Å². The van der Waals surface area contributed by atoms with Gasteiger partial charge < -0.3 is 15.4 Å². The van der Waals surface area contributed by atoms with Gasteiger partial charge in [0.15, 0.2) is 0 Å². The molecule has 0 aromatic carbocycles. The third-order valence-electron chi connectivity index (χ3n) is 3.53. The van der Waals surface area contributed by atoms with Crippen LogP contribution in [0.1, 0.15) is 40.2 Å². The van der Waals surface area contributed by atoms with Crippen molar-refractivity contribution >= 4 is 23.4 Å². The number of nitrogens with zero attached hydrogens (tertiary/aromatic N) is 1. The first-order valence-electron chi connectivity index (χ1n) is 8.23. The van der Waals surface area contributed by atoms with Gasteiger partial charge in [0.25, 0.3) is 0 Å². The monoisotopic (exact) mass is 409 g/mol. The fourth-order valence-electron chi connectivity index (χ4n) is 1.87. The predicted octanol–water partition coefficient (Wildman–Crippen LogP) is 3.19. The van der Waals surface area contributed by atoms with Crippen molar-refractivity contribution in [2.45, 2.75) is 52.4 Å². The minimum absolute atomic E-state index is 0.0405. The first kappa shape index (κ1) is 23.0. The zero-order valence-corrected chi connectivity index (χ0v) is 16.5. The molecule has 152 valence electrons. The highest BCUT2D eigenvalue weighted by molar-refractivity contribution is 6.31. The number of halogens is 4. The molecule has 1 aromatic heterocycles. The number of hydrogen-bond acceptors (Lipinski definition) is 4. The molecular weight excluding hydrogens is 387 g/mol. The topological polar surface area (TPSA) is 80.3 Å². The second kappa shape index (κ2) is 8.77. The van der Waals surface area contributed by atoms with Gasteiger partial charge in [0, 0.05) is 12.1 Å². The molecule has 1 rings (SSSR count). The summed E-state index contributed by atoms with van der Waals surface area (Å²) >= 11 is 5.78. The van der Waals surface area contributed by atoms with E-state index in [0.717, 1.165) is 6.07 Å². The Balaban J connectivity index is 2.64. The van der Waals surface area contributed by atoms with Crippen LogP contribution in [-0.2, 0) is 15.8 Å². The number of ether oxygens (including phenoxy) is 1. The van der Waals surface area contributed by atoms with E-state index in [1.54, 1.807) is 34.6 Å². The molecule has 1 heterocycles. The summed E-state index contributed by atoms with van der Waals surface area (Å²) in [5.41, 5.74) is -2.12. The van der Waals surface area contributed by atoms with E-state index < -0.39 is 29.3 Å². The molecule has 0 spiro atoms. The van der Waals surface area contributed by atoms with Crippen LogP contribution >= 0.6 is 11.6 Å². The maximum atomic E-state index is 12.6. The van der Waals surface area contributed by atoms with E-state index in [2.05, 4.69) is 15.6 Å². The van der Waals surface area contributed by atoms with Gasteiger partial charge in [-0.3, -0.25) is 9.59 Å². The van der Waals surface area contributed by atoms with Gasteiger partial charge in [0.1, 0.15) is 16.7 Å². The minimum atomic E-state index is -4.55. The molecular formula is C17H23ClF3N3O3. The fraction of sp³-hybridized carbons (Fsp3) is 0.588. The first-order chi connectivity index (χ1) is 12.2. The van der Waals surface area contributed by atoms with Crippen LogP contribution in [0.25, 0.3) is 0 Å². The van der Waals surface area contributed by atoms with E-state index in [1.165, 1.54) is 0 Å². The quantitative estimate of drug-likeness (QED) is 0.724. The molecule has 1 atom stereocenters. The Morgan fingerprint density at radius 3 is 2.33 bits per heavy atom. The Morgan fingerprint density at radius 2 is 1.85 bits per heavy atom. The molecule has 0 radical (unpaired) electrons. The van der Waals surface area contributed by atoms with Gasteiger partial charge in [0.05, 0.1) is 12.1 Å². The summed E-state index contributed by atoms with van der Waals surface area (Å²) < 4.78 is 43.2. The number of carbonyl (C=O) groups is 2. The highest BCUT2D eigenvalue weighted by atomic mass is 35.5. The molecule has 0 fully saturated rings. The van der Waals surface area contributed by atoms with Crippen LogP contribution in [0, 0.1) is 5.92 Å². The third kappa shape index (κ3) is 6.89. The molecule has 1 aromatic rings. The van der Waals surface area contributed by atoms with E-state index in [0.29, 0.717) is 6.20 Å². The summed E-state index contributed by atoms with van der Waals surface area (Å²) in [7, 11) is 0. The van der Waals surface area contributed by atoms with E-state index in [4.69, 9.17) is 16.3 Å². The fourth-order valence-corrected chi connectivity index (χ4v) is 2.08. The van der Waals surface area contributed by atoms with Crippen LogP contribution < -0.4 is 15.4 Å². The average molecular weight is 410 g/mol. The number of aromatic nitrogens is 1. The maximum Gasteiger partial charge on any atom is 0.417 e. The van der Waals surface area contributed by atoms with Gasteiger partial charge in [-0.2, -0.15) is 13.2 Å². The Bertz CT molecular complexity index is 694. The highest BCUT2D eigenvalue weighted by Gasteiger charge is 2.32. The Kier molecular flexibility index (Phi) is 7.48. The highest BCUT2D eigenvalue weighted by Crippen LogP contribution is 2.33. The van der Waals surface area contributed by atoms with Gasteiger partial charge >= 0.3 is 6.18 Å². The van der Waals surface area contributed by atoms with Gasteiger partial charge in [0.2, 0.25) is 17.7 Å². The Morgan fingerprint density at radius 1 is 1.26 bits per heavy atom. The van der Waals surface area contributed by atoms with Gasteiger partial charge in [-0.25, -0.2) is 4.98 Å². The number of nitrogens with one attached hydrogen (secondary N) is 2. The lowest BCUT2D eigenvalue weighted by atomic mass is 10.0. The maximum absolute atomic E-state index is 12.6. The molecule has 0 bridgehead atoms. The summed E-state index contributed by atoms with van der Waals surface area (Å²) in [6.07, 6.45) is -4.55. The van der Waals surface area contributed by atoms with Gasteiger partial charge in [-0.15, -0.1) is 0 Å². The van der Waals surface area contributed by atoms with Crippen molar-refractivity contribution in [3.63, 3.8) is 0 Å². The van der Waals surface area contributed by atoms with Crippen molar-refractivity contribution in [3.8, 4) is 5.88 Å². The predicted molar refractivity (Wildman–Crippen MR) is 94.4 cm³/mol. The molecule has 10 heteroatoms. The molecule has 0 aliphatic rings. The Labute approximate surface area is 160 Å². The largest absolute Gasteiger partial charge is 0.472 e. The zero-order chi connectivity index (χ0) is 21.0. The molecule has 0 saturated heterocycles. The summed E-state index contributed by atoms with van der Waals surface area (Å²) in [5, 5.41) is 4.95. The van der Waals surface area contributed by atoms with Crippen LogP contribution in [0.4, 0.5) is 13.2 Å². The number of alkyl halides is 3. The van der Waals surface area contributed by atoms with Crippen molar-refractivity contribution in [2.75, 3.05) is 6.54 Å². The van der Waals surface area contributed by atoms with E-state index in [1.807, 2.05) is 0 Å². The second-order valence-electron chi connectivity index (χ2n) is 6.92. The van der Waals surface area contributed by atoms with Crippen LogP contribution in [0.15, 0.2) is 12.3 Å². The average Bonchev–Trinajstić information content (AvgIpc) is 2.52. The van der Waals surface area contributed by atoms with Crippen molar-refractivity contribution in [1.82, 2.24) is 15.6 Å². The number of amides is 2. The SMILES string of the molecule is CC(C)C(=O)NC(C)(C)C(=O)NC[C@@H](C)Oc1ncc(C(F)(F)F)cc1Cl. The summed E-state index contributed by atoms with van der Waals surface area (Å²) in [6.45, 7) is 8.17. The molecule has 6 nitrogen and oxygen atoms in total. The van der Waals surface area contributed by atoms with Gasteiger partial charge in [-0.1, -0.05) is 25.4 Å². The second-order valence-corrected chi connectivity index (χ2v) is 7.32. The van der Waals surface area contributed by atoms with Crippen molar-refractivity contribution in [3.05, 3.63) is 22.8 Å². The standard InChI is InChI=1S/C17H23ClF3N3O3/c1-9(2)13(25)24-16(4,5)15(26)23-7-10(3)27-14-12(18)6-11(8-22-14)17(19,20)21/h6,8-10H,7H2,1-5H3,(H,23,26)(H,24,25)/t10-/m1/s1. The van der Waals surface area contributed by atoms with Crippen LogP contribution in [0.5, 0.6) is 5.88 Å². The third-order valence-corrected chi connectivity index (χ3v) is 3.80. The van der Waals surface area contributed by atoms with E-state index in [9.17, 15) is 22.8 Å². The molecule has 2 N–H and O–H groups in total. The molecule has 0 saturated carbocycles. The molecule has 27 heavy (non-hydrogen) atoms. The lowest BCUT2D eigenvalue weighted by Crippen LogP contribution is -2.56. The molecule has 0 aliphatic carbocycles. The van der Waals surface area contributed by atoms with E-state index in [-0.39, 0.29) is 29.3 Å². The first-order valence-corrected chi connectivity index (χ1v) is 8.61. The number of rotatable bonds is 7. The van der Waals surface area contributed by atoms with E-state index >= 15 is 0 Å². The van der Waals surface area contributed by atoms with Crippen molar-refractivity contribution < 1.29 is 27.5 Å². The van der Waals surface area contributed by atoms with Crippen LogP contribution in [0.3, 0.4) is 0 Å². The zero-order valence-electron chi connectivity index (χ0n) is 15.7. The Hall–Kier alpha value is -2.03. The lowest BCUT2D eigenvalue weighted by molar-refractivity contribution is -0.137. The normalized spacial score (nSPS) is 13.3. The van der Waals surface area contributed by atoms with Crippen LogP contribution in [0.2, 0.25) is 5.02 Å². The molecule has 2 amide bonds. The number of carbonyl (C=O) groups excluding carboxylic acids is 2. The summed E-state index contributed by atoms with van der Waals surface area (Å²) in [4.78, 5) is 27.6. The molecule has 0 aliphatic heterocycles. The van der Waals surface area contributed by atoms with Gasteiger partial charge in [-0.05, 0) is 26.8 Å². The summed E-state index contributed by atoms with van der Waals surface area (Å²) in [6, 6.07) is 0.722. The molecule has 0 unspecified atom stereocenters. The summed E-state index contributed by atoms with van der Waals surface area (Å²) in [5.74, 6) is -1.13. The lowest BCUT2D eigenvalue weighted by Gasteiger charge is -2.27. The smallest absolute Gasteiger partial charge is 0.417 e. The number of pyridine rings is 1. The number of hydrogen-bond donors (Lipinski definition) is 2.